The third-order valence-electron chi connectivity index (χ3n) is 3.91. The molecule has 0 radical (unpaired) electrons. The lowest BCUT2D eigenvalue weighted by atomic mass is 10.0. The highest BCUT2D eigenvalue weighted by Crippen LogP contribution is 2.29. The number of anilines is 2. The van der Waals surface area contributed by atoms with E-state index in [1.807, 2.05) is 25.1 Å². The molecule has 1 aromatic rings. The molecule has 3 nitrogen and oxygen atoms in total. The second kappa shape index (κ2) is 7.27. The van der Waals surface area contributed by atoms with Crippen molar-refractivity contribution in [1.29, 1.82) is 0 Å². The number of ether oxygens (including phenoxy) is 1. The molecular weight excluding hydrogens is 236 g/mol. The number of nitrogens with one attached hydrogen (secondary N) is 1. The van der Waals surface area contributed by atoms with Gasteiger partial charge in [0.2, 0.25) is 0 Å². The van der Waals surface area contributed by atoms with Gasteiger partial charge < -0.3 is 15.8 Å². The Bertz CT molecular complexity index is 386. The zero-order valence-corrected chi connectivity index (χ0v) is 12.0. The van der Waals surface area contributed by atoms with Crippen molar-refractivity contribution in [2.45, 2.75) is 45.4 Å². The van der Waals surface area contributed by atoms with E-state index >= 15 is 0 Å². The Kier molecular flexibility index (Phi) is 5.37. The number of hydrogen-bond donors (Lipinski definition) is 2. The monoisotopic (exact) mass is 262 g/mol. The molecule has 0 unspecified atom stereocenters. The number of rotatable bonds is 7. The Morgan fingerprint density at radius 2 is 2.11 bits per heavy atom. The SMILES string of the molecule is CCOc1cc(NCCCC2CCCC2)ccc1N. The van der Waals surface area contributed by atoms with Crippen LogP contribution in [0.3, 0.4) is 0 Å². The van der Waals surface area contributed by atoms with Crippen LogP contribution in [0.25, 0.3) is 0 Å². The summed E-state index contributed by atoms with van der Waals surface area (Å²) in [6.45, 7) is 3.66. The molecule has 3 N–H and O–H groups in total. The fraction of sp³-hybridized carbons (Fsp3) is 0.625. The summed E-state index contributed by atoms with van der Waals surface area (Å²) >= 11 is 0. The van der Waals surface area contributed by atoms with Crippen LogP contribution in [0.5, 0.6) is 5.75 Å². The highest BCUT2D eigenvalue weighted by molar-refractivity contribution is 5.61. The summed E-state index contributed by atoms with van der Waals surface area (Å²) in [5.41, 5.74) is 7.67. The molecule has 3 heteroatoms. The van der Waals surface area contributed by atoms with Gasteiger partial charge in [0.1, 0.15) is 5.75 Å². The normalized spacial score (nSPS) is 15.6. The van der Waals surface area contributed by atoms with Crippen molar-refractivity contribution in [1.82, 2.24) is 0 Å². The first kappa shape index (κ1) is 14.0. The molecule has 0 bridgehead atoms. The summed E-state index contributed by atoms with van der Waals surface area (Å²) < 4.78 is 5.50. The van der Waals surface area contributed by atoms with Crippen molar-refractivity contribution >= 4 is 11.4 Å². The summed E-state index contributed by atoms with van der Waals surface area (Å²) in [6.07, 6.45) is 8.37. The third-order valence-corrected chi connectivity index (χ3v) is 3.91. The van der Waals surface area contributed by atoms with E-state index in [4.69, 9.17) is 10.5 Å². The fourth-order valence-corrected chi connectivity index (χ4v) is 2.85. The van der Waals surface area contributed by atoms with E-state index in [9.17, 15) is 0 Å². The van der Waals surface area contributed by atoms with Crippen molar-refractivity contribution in [3.8, 4) is 5.75 Å². The number of nitrogen functional groups attached to an aromatic ring is 1. The topological polar surface area (TPSA) is 47.3 Å². The maximum absolute atomic E-state index is 5.86. The Morgan fingerprint density at radius 3 is 2.84 bits per heavy atom. The Balaban J connectivity index is 1.74. The third kappa shape index (κ3) is 4.34. The minimum atomic E-state index is 0.648. The second-order valence-corrected chi connectivity index (χ2v) is 5.41. The summed E-state index contributed by atoms with van der Waals surface area (Å²) in [5, 5.41) is 3.46. The summed E-state index contributed by atoms with van der Waals surface area (Å²) in [5.74, 6) is 1.76. The maximum atomic E-state index is 5.86. The number of nitrogens with two attached hydrogens (primary N) is 1. The lowest BCUT2D eigenvalue weighted by Gasteiger charge is -2.12. The number of benzene rings is 1. The Morgan fingerprint density at radius 1 is 1.32 bits per heavy atom. The Labute approximate surface area is 116 Å². The van der Waals surface area contributed by atoms with E-state index in [0.29, 0.717) is 12.3 Å². The highest BCUT2D eigenvalue weighted by atomic mass is 16.5. The second-order valence-electron chi connectivity index (χ2n) is 5.41. The first-order valence-corrected chi connectivity index (χ1v) is 7.55. The van der Waals surface area contributed by atoms with Gasteiger partial charge >= 0.3 is 0 Å². The summed E-state index contributed by atoms with van der Waals surface area (Å²) in [7, 11) is 0. The zero-order chi connectivity index (χ0) is 13.5. The van der Waals surface area contributed by atoms with Gasteiger partial charge in [0.15, 0.2) is 0 Å². The molecule has 2 rings (SSSR count). The van der Waals surface area contributed by atoms with Gasteiger partial charge in [0, 0.05) is 18.3 Å². The van der Waals surface area contributed by atoms with Gasteiger partial charge in [-0.3, -0.25) is 0 Å². The van der Waals surface area contributed by atoms with Gasteiger partial charge in [-0.1, -0.05) is 25.7 Å². The quantitative estimate of drug-likeness (QED) is 0.575. The van der Waals surface area contributed by atoms with E-state index in [1.165, 1.54) is 38.5 Å². The average molecular weight is 262 g/mol. The van der Waals surface area contributed by atoms with Gasteiger partial charge in [0.05, 0.1) is 12.3 Å². The molecule has 0 aromatic heterocycles. The van der Waals surface area contributed by atoms with E-state index < -0.39 is 0 Å². The molecule has 1 aliphatic carbocycles. The van der Waals surface area contributed by atoms with Crippen molar-refractivity contribution in [3.63, 3.8) is 0 Å². The fourth-order valence-electron chi connectivity index (χ4n) is 2.85. The Hall–Kier alpha value is -1.38. The minimum Gasteiger partial charge on any atom is -0.492 e. The van der Waals surface area contributed by atoms with Crippen molar-refractivity contribution in [2.24, 2.45) is 5.92 Å². The van der Waals surface area contributed by atoms with Crippen LogP contribution in [0.15, 0.2) is 18.2 Å². The van der Waals surface area contributed by atoms with Crippen LogP contribution < -0.4 is 15.8 Å². The molecule has 1 aliphatic rings. The molecule has 0 spiro atoms. The van der Waals surface area contributed by atoms with Gasteiger partial charge in [0.25, 0.3) is 0 Å². The standard InChI is InChI=1S/C16H26N2O/c1-2-19-16-12-14(9-10-15(16)17)18-11-5-8-13-6-3-4-7-13/h9-10,12-13,18H,2-8,11,17H2,1H3. The summed E-state index contributed by atoms with van der Waals surface area (Å²) in [6, 6.07) is 5.92. The predicted octanol–water partition coefficient (Wildman–Crippen LogP) is 4.05. The van der Waals surface area contributed by atoms with Crippen LogP contribution in [0.2, 0.25) is 0 Å². The van der Waals surface area contributed by atoms with Crippen LogP contribution in [0.4, 0.5) is 11.4 Å². The molecule has 0 amide bonds. The van der Waals surface area contributed by atoms with E-state index in [1.54, 1.807) is 0 Å². The molecular formula is C16H26N2O. The molecule has 0 aliphatic heterocycles. The van der Waals surface area contributed by atoms with Gasteiger partial charge in [-0.25, -0.2) is 0 Å². The van der Waals surface area contributed by atoms with Crippen LogP contribution in [-0.2, 0) is 0 Å². The number of hydrogen-bond acceptors (Lipinski definition) is 3. The lowest BCUT2D eigenvalue weighted by molar-refractivity contribution is 0.342. The molecule has 0 heterocycles. The molecule has 0 saturated heterocycles. The minimum absolute atomic E-state index is 0.648. The van der Waals surface area contributed by atoms with Crippen LogP contribution in [0.1, 0.15) is 45.4 Å². The van der Waals surface area contributed by atoms with Gasteiger partial charge in [-0.15, -0.1) is 0 Å². The van der Waals surface area contributed by atoms with Crippen LogP contribution in [-0.4, -0.2) is 13.2 Å². The van der Waals surface area contributed by atoms with Gasteiger partial charge in [-0.05, 0) is 37.8 Å². The first-order chi connectivity index (χ1) is 9.29. The van der Waals surface area contributed by atoms with E-state index in [-0.39, 0.29) is 0 Å². The van der Waals surface area contributed by atoms with Crippen molar-refractivity contribution in [3.05, 3.63) is 18.2 Å². The van der Waals surface area contributed by atoms with E-state index in [0.717, 1.165) is 23.9 Å². The van der Waals surface area contributed by atoms with Crippen molar-refractivity contribution < 1.29 is 4.74 Å². The smallest absolute Gasteiger partial charge is 0.144 e. The molecule has 106 valence electrons. The van der Waals surface area contributed by atoms with Crippen LogP contribution in [0, 0.1) is 5.92 Å². The molecule has 1 aromatic carbocycles. The molecule has 1 saturated carbocycles. The van der Waals surface area contributed by atoms with Crippen LogP contribution >= 0.6 is 0 Å². The molecule has 1 fully saturated rings. The zero-order valence-electron chi connectivity index (χ0n) is 12.0. The first-order valence-electron chi connectivity index (χ1n) is 7.55. The maximum Gasteiger partial charge on any atom is 0.144 e. The average Bonchev–Trinajstić information content (AvgIpc) is 2.92. The van der Waals surface area contributed by atoms with E-state index in [2.05, 4.69) is 5.32 Å². The highest BCUT2D eigenvalue weighted by Gasteiger charge is 2.13. The lowest BCUT2D eigenvalue weighted by Crippen LogP contribution is -2.05. The molecule has 0 atom stereocenters. The largest absolute Gasteiger partial charge is 0.492 e. The summed E-state index contributed by atoms with van der Waals surface area (Å²) in [4.78, 5) is 0. The van der Waals surface area contributed by atoms with Crippen molar-refractivity contribution in [2.75, 3.05) is 24.2 Å². The predicted molar refractivity (Wildman–Crippen MR) is 81.7 cm³/mol. The molecule has 19 heavy (non-hydrogen) atoms. The van der Waals surface area contributed by atoms with Gasteiger partial charge in [-0.2, -0.15) is 0 Å².